The number of rotatable bonds is 2. The van der Waals surface area contributed by atoms with Gasteiger partial charge >= 0.3 is 0 Å². The molecule has 1 aromatic carbocycles. The van der Waals surface area contributed by atoms with Crippen molar-refractivity contribution in [1.82, 2.24) is 9.55 Å². The summed E-state index contributed by atoms with van der Waals surface area (Å²) < 4.78 is 7.60. The van der Waals surface area contributed by atoms with Crippen molar-refractivity contribution in [3.05, 3.63) is 46.9 Å². The van der Waals surface area contributed by atoms with E-state index in [0.29, 0.717) is 11.0 Å². The predicted octanol–water partition coefficient (Wildman–Crippen LogP) is 3.78. The van der Waals surface area contributed by atoms with Crippen LogP contribution in [0.4, 0.5) is 5.95 Å². The van der Waals surface area contributed by atoms with Gasteiger partial charge in [0, 0.05) is 0 Å². The van der Waals surface area contributed by atoms with Gasteiger partial charge in [0.05, 0.1) is 16.6 Å². The summed E-state index contributed by atoms with van der Waals surface area (Å²) >= 11 is 6.14. The van der Waals surface area contributed by atoms with E-state index in [1.54, 1.807) is 0 Å². The zero-order chi connectivity index (χ0) is 13.6. The summed E-state index contributed by atoms with van der Waals surface area (Å²) in [6, 6.07) is 9.52. The first kappa shape index (κ1) is 12.1. The van der Waals surface area contributed by atoms with Crippen LogP contribution in [0, 0.1) is 6.92 Å². The van der Waals surface area contributed by atoms with Crippen LogP contribution in [-0.2, 0) is 0 Å². The third-order valence-electron chi connectivity index (χ3n) is 3.26. The van der Waals surface area contributed by atoms with E-state index in [1.165, 1.54) is 0 Å². The third kappa shape index (κ3) is 1.88. The second-order valence-corrected chi connectivity index (χ2v) is 4.98. The van der Waals surface area contributed by atoms with E-state index in [2.05, 4.69) is 4.98 Å². The minimum atomic E-state index is -0.0304. The first-order chi connectivity index (χ1) is 9.08. The van der Waals surface area contributed by atoms with Crippen LogP contribution in [0.2, 0.25) is 5.02 Å². The van der Waals surface area contributed by atoms with Gasteiger partial charge in [-0.3, -0.25) is 4.57 Å². The fraction of sp³-hybridized carbons (Fsp3) is 0.214. The molecule has 0 saturated carbocycles. The van der Waals surface area contributed by atoms with Crippen molar-refractivity contribution in [3.8, 4) is 0 Å². The number of nitrogens with zero attached hydrogens (tertiary/aromatic N) is 2. The summed E-state index contributed by atoms with van der Waals surface area (Å²) in [5.41, 5.74) is 7.65. The standard InChI is InChI=1S/C14H14ClN3O/c1-8-6-7-12(19-8)9(2)18-11-5-3-4-10(15)13(11)17-14(18)16/h3-7,9H,1-2H3,(H2,16,17). The average Bonchev–Trinajstić information content (AvgIpc) is 2.93. The molecule has 0 amide bonds. The Morgan fingerprint density at radius 2 is 2.11 bits per heavy atom. The molecule has 3 rings (SSSR count). The van der Waals surface area contributed by atoms with Crippen molar-refractivity contribution in [2.45, 2.75) is 19.9 Å². The summed E-state index contributed by atoms with van der Waals surface area (Å²) in [6.45, 7) is 3.94. The molecule has 1 unspecified atom stereocenters. The minimum Gasteiger partial charge on any atom is -0.464 e. The normalized spacial score (nSPS) is 13.0. The molecule has 2 N–H and O–H groups in total. The number of aromatic nitrogens is 2. The van der Waals surface area contributed by atoms with Gasteiger partial charge in [0.2, 0.25) is 5.95 Å². The Labute approximate surface area is 115 Å². The molecule has 0 fully saturated rings. The van der Waals surface area contributed by atoms with Crippen molar-refractivity contribution in [2.75, 3.05) is 5.73 Å². The lowest BCUT2D eigenvalue weighted by Crippen LogP contribution is -2.09. The summed E-state index contributed by atoms with van der Waals surface area (Å²) in [5, 5.41) is 0.603. The van der Waals surface area contributed by atoms with Crippen LogP contribution < -0.4 is 5.73 Å². The number of anilines is 1. The SMILES string of the molecule is Cc1ccc(C(C)n2c(N)nc3c(Cl)cccc32)o1. The smallest absolute Gasteiger partial charge is 0.201 e. The van der Waals surface area contributed by atoms with Gasteiger partial charge in [-0.2, -0.15) is 0 Å². The van der Waals surface area contributed by atoms with Crippen molar-refractivity contribution in [1.29, 1.82) is 0 Å². The van der Waals surface area contributed by atoms with Gasteiger partial charge in [0.25, 0.3) is 0 Å². The molecule has 98 valence electrons. The molecule has 0 saturated heterocycles. The van der Waals surface area contributed by atoms with Gasteiger partial charge in [-0.25, -0.2) is 4.98 Å². The number of para-hydroxylation sites is 1. The zero-order valence-corrected chi connectivity index (χ0v) is 11.5. The summed E-state index contributed by atoms with van der Waals surface area (Å²) in [6.07, 6.45) is 0. The Kier molecular flexibility index (Phi) is 2.75. The van der Waals surface area contributed by atoms with E-state index in [0.717, 1.165) is 22.6 Å². The molecule has 3 aromatic rings. The highest BCUT2D eigenvalue weighted by Gasteiger charge is 2.19. The van der Waals surface area contributed by atoms with E-state index in [4.69, 9.17) is 21.8 Å². The molecular formula is C14H14ClN3O. The predicted molar refractivity (Wildman–Crippen MR) is 76.4 cm³/mol. The van der Waals surface area contributed by atoms with Crippen molar-refractivity contribution in [3.63, 3.8) is 0 Å². The van der Waals surface area contributed by atoms with Crippen LogP contribution in [-0.4, -0.2) is 9.55 Å². The maximum Gasteiger partial charge on any atom is 0.201 e. The van der Waals surface area contributed by atoms with Crippen molar-refractivity contribution < 1.29 is 4.42 Å². The molecule has 0 spiro atoms. The highest BCUT2D eigenvalue weighted by molar-refractivity contribution is 6.35. The molecule has 0 aliphatic rings. The van der Waals surface area contributed by atoms with E-state index in [9.17, 15) is 0 Å². The largest absolute Gasteiger partial charge is 0.464 e. The third-order valence-corrected chi connectivity index (χ3v) is 3.56. The quantitative estimate of drug-likeness (QED) is 0.774. The van der Waals surface area contributed by atoms with E-state index in [-0.39, 0.29) is 6.04 Å². The summed E-state index contributed by atoms with van der Waals surface area (Å²) in [7, 11) is 0. The fourth-order valence-electron chi connectivity index (χ4n) is 2.31. The van der Waals surface area contributed by atoms with Crippen LogP contribution in [0.1, 0.15) is 24.5 Å². The number of fused-ring (bicyclic) bond motifs is 1. The highest BCUT2D eigenvalue weighted by atomic mass is 35.5. The van der Waals surface area contributed by atoms with Gasteiger partial charge < -0.3 is 10.2 Å². The lowest BCUT2D eigenvalue weighted by atomic mass is 10.2. The second-order valence-electron chi connectivity index (χ2n) is 4.57. The molecule has 19 heavy (non-hydrogen) atoms. The number of furan rings is 1. The van der Waals surface area contributed by atoms with Crippen LogP contribution in [0.5, 0.6) is 0 Å². The Bertz CT molecular complexity index is 744. The van der Waals surface area contributed by atoms with Gasteiger partial charge in [-0.05, 0) is 38.1 Å². The first-order valence-corrected chi connectivity index (χ1v) is 6.44. The number of benzene rings is 1. The monoisotopic (exact) mass is 275 g/mol. The molecule has 5 heteroatoms. The van der Waals surface area contributed by atoms with Crippen molar-refractivity contribution in [2.24, 2.45) is 0 Å². The number of nitrogens with two attached hydrogens (primary N) is 1. The Morgan fingerprint density at radius 3 is 2.79 bits per heavy atom. The number of hydrogen-bond acceptors (Lipinski definition) is 3. The molecule has 0 radical (unpaired) electrons. The molecule has 1 atom stereocenters. The van der Waals surface area contributed by atoms with E-state index >= 15 is 0 Å². The second kappa shape index (κ2) is 4.31. The fourth-order valence-corrected chi connectivity index (χ4v) is 2.52. The molecule has 0 aliphatic heterocycles. The lowest BCUT2D eigenvalue weighted by molar-refractivity contribution is 0.435. The Balaban J connectivity index is 2.19. The lowest BCUT2D eigenvalue weighted by Gasteiger charge is -2.13. The van der Waals surface area contributed by atoms with Crippen LogP contribution in [0.15, 0.2) is 34.7 Å². The number of halogens is 1. The molecule has 0 aliphatic carbocycles. The van der Waals surface area contributed by atoms with Crippen molar-refractivity contribution >= 4 is 28.6 Å². The number of hydrogen-bond donors (Lipinski definition) is 1. The maximum absolute atomic E-state index is 6.14. The summed E-state index contributed by atoms with van der Waals surface area (Å²) in [4.78, 5) is 4.33. The Hall–Kier alpha value is -1.94. The number of nitrogen functional groups attached to an aromatic ring is 1. The van der Waals surface area contributed by atoms with Crippen LogP contribution >= 0.6 is 11.6 Å². The minimum absolute atomic E-state index is 0.0304. The van der Waals surface area contributed by atoms with Gasteiger partial charge in [-0.15, -0.1) is 0 Å². The van der Waals surface area contributed by atoms with Crippen LogP contribution in [0.3, 0.4) is 0 Å². The van der Waals surface area contributed by atoms with Gasteiger partial charge in [0.15, 0.2) is 0 Å². The molecule has 2 heterocycles. The number of imidazole rings is 1. The first-order valence-electron chi connectivity index (χ1n) is 6.06. The molecule has 2 aromatic heterocycles. The zero-order valence-electron chi connectivity index (χ0n) is 10.7. The highest BCUT2D eigenvalue weighted by Crippen LogP contribution is 2.31. The van der Waals surface area contributed by atoms with Crippen LogP contribution in [0.25, 0.3) is 11.0 Å². The number of aryl methyl sites for hydroxylation is 1. The molecular weight excluding hydrogens is 262 g/mol. The van der Waals surface area contributed by atoms with Gasteiger partial charge in [-0.1, -0.05) is 17.7 Å². The Morgan fingerprint density at radius 1 is 1.32 bits per heavy atom. The molecule has 0 bridgehead atoms. The average molecular weight is 276 g/mol. The topological polar surface area (TPSA) is 57.0 Å². The van der Waals surface area contributed by atoms with E-state index < -0.39 is 0 Å². The van der Waals surface area contributed by atoms with Gasteiger partial charge in [0.1, 0.15) is 17.0 Å². The van der Waals surface area contributed by atoms with E-state index in [1.807, 2.05) is 48.7 Å². The maximum atomic E-state index is 6.14. The summed E-state index contributed by atoms with van der Waals surface area (Å²) in [5.74, 6) is 2.16. The molecule has 4 nitrogen and oxygen atoms in total.